The third-order valence-electron chi connectivity index (χ3n) is 2.11. The van der Waals surface area contributed by atoms with Crippen LogP contribution < -0.4 is 10.9 Å². The summed E-state index contributed by atoms with van der Waals surface area (Å²) in [6.07, 6.45) is -1.14. The first-order chi connectivity index (χ1) is 7.11. The van der Waals surface area contributed by atoms with Crippen LogP contribution in [0.1, 0.15) is 11.7 Å². The summed E-state index contributed by atoms with van der Waals surface area (Å²) in [5, 5.41) is 21.2. The SMILES string of the molecule is O=[N+]([O-])c1cccc2c1NNC2[N+](=O)[O-]. The van der Waals surface area contributed by atoms with Crippen molar-refractivity contribution in [2.75, 3.05) is 5.43 Å². The number of rotatable bonds is 2. The molecule has 1 heterocycles. The maximum atomic E-state index is 10.6. The zero-order valence-electron chi connectivity index (χ0n) is 7.34. The number of benzene rings is 1. The third-order valence-corrected chi connectivity index (χ3v) is 2.11. The number of nitrogens with one attached hydrogen (secondary N) is 2. The van der Waals surface area contributed by atoms with E-state index in [4.69, 9.17) is 0 Å². The van der Waals surface area contributed by atoms with Crippen molar-refractivity contribution in [2.45, 2.75) is 6.17 Å². The molecule has 1 aliphatic rings. The molecule has 2 N–H and O–H groups in total. The van der Waals surface area contributed by atoms with E-state index in [0.717, 1.165) is 0 Å². The van der Waals surface area contributed by atoms with Crippen molar-refractivity contribution in [1.29, 1.82) is 0 Å². The molecule has 1 aromatic rings. The molecule has 8 nitrogen and oxygen atoms in total. The normalized spacial score (nSPS) is 18.0. The van der Waals surface area contributed by atoms with Crippen LogP contribution in [0.15, 0.2) is 18.2 Å². The van der Waals surface area contributed by atoms with Crippen LogP contribution in [0.4, 0.5) is 11.4 Å². The van der Waals surface area contributed by atoms with Crippen LogP contribution in [0.25, 0.3) is 0 Å². The maximum absolute atomic E-state index is 10.6. The van der Waals surface area contributed by atoms with Gasteiger partial charge in [-0.3, -0.25) is 20.2 Å². The molecular weight excluding hydrogens is 204 g/mol. The largest absolute Gasteiger partial charge is 0.309 e. The molecule has 1 atom stereocenters. The maximum Gasteiger partial charge on any atom is 0.309 e. The third kappa shape index (κ3) is 1.36. The zero-order valence-corrected chi connectivity index (χ0v) is 7.34. The van der Waals surface area contributed by atoms with Gasteiger partial charge in [0, 0.05) is 11.0 Å². The molecule has 0 spiro atoms. The summed E-state index contributed by atoms with van der Waals surface area (Å²) in [7, 11) is 0. The Labute approximate surface area is 83.2 Å². The molecular formula is C7H6N4O4. The van der Waals surface area contributed by atoms with Gasteiger partial charge in [0.1, 0.15) is 5.69 Å². The molecule has 0 bridgehead atoms. The number of nitro benzene ring substituents is 1. The molecule has 8 heteroatoms. The van der Waals surface area contributed by atoms with Crippen LogP contribution >= 0.6 is 0 Å². The van der Waals surface area contributed by atoms with Gasteiger partial charge in [0.25, 0.3) is 5.69 Å². The number of para-hydroxylation sites is 1. The highest BCUT2D eigenvalue weighted by atomic mass is 16.6. The van der Waals surface area contributed by atoms with Gasteiger partial charge in [-0.25, -0.2) is 0 Å². The van der Waals surface area contributed by atoms with E-state index in [-0.39, 0.29) is 16.9 Å². The Kier molecular flexibility index (Phi) is 1.97. The molecule has 0 amide bonds. The second-order valence-corrected chi connectivity index (χ2v) is 2.96. The van der Waals surface area contributed by atoms with Crippen LogP contribution in [0.3, 0.4) is 0 Å². The summed E-state index contributed by atoms with van der Waals surface area (Å²) in [6.45, 7) is 0. The number of hydrazine groups is 1. The van der Waals surface area contributed by atoms with Crippen molar-refractivity contribution in [3.8, 4) is 0 Å². The molecule has 78 valence electrons. The summed E-state index contributed by atoms with van der Waals surface area (Å²) in [5.74, 6) is 0. The van der Waals surface area contributed by atoms with Crippen LogP contribution in [0, 0.1) is 20.2 Å². The zero-order chi connectivity index (χ0) is 11.0. The highest BCUT2D eigenvalue weighted by molar-refractivity contribution is 5.68. The number of hydrogen-bond donors (Lipinski definition) is 2. The van der Waals surface area contributed by atoms with E-state index in [9.17, 15) is 20.2 Å². The van der Waals surface area contributed by atoms with Crippen molar-refractivity contribution in [1.82, 2.24) is 5.43 Å². The predicted octanol–water partition coefficient (Wildman–Crippen LogP) is 0.800. The number of nitro groups is 2. The van der Waals surface area contributed by atoms with Gasteiger partial charge >= 0.3 is 6.17 Å². The number of hydrogen-bond acceptors (Lipinski definition) is 6. The fourth-order valence-electron chi connectivity index (χ4n) is 1.46. The quantitative estimate of drug-likeness (QED) is 0.551. The summed E-state index contributed by atoms with van der Waals surface area (Å²) in [5.41, 5.74) is 5.06. The molecule has 0 saturated carbocycles. The van der Waals surface area contributed by atoms with Crippen molar-refractivity contribution in [3.05, 3.63) is 44.0 Å². The average molecular weight is 210 g/mol. The molecule has 15 heavy (non-hydrogen) atoms. The summed E-state index contributed by atoms with van der Waals surface area (Å²) >= 11 is 0. The van der Waals surface area contributed by atoms with Crippen molar-refractivity contribution in [2.24, 2.45) is 0 Å². The van der Waals surface area contributed by atoms with Gasteiger partial charge < -0.3 is 5.43 Å². The fourth-order valence-corrected chi connectivity index (χ4v) is 1.46. The molecule has 1 aliphatic heterocycles. The Morgan fingerprint density at radius 2 is 2.00 bits per heavy atom. The molecule has 0 aromatic heterocycles. The van der Waals surface area contributed by atoms with E-state index in [1.54, 1.807) is 0 Å². The van der Waals surface area contributed by atoms with E-state index in [0.29, 0.717) is 0 Å². The van der Waals surface area contributed by atoms with Crippen LogP contribution in [0.2, 0.25) is 0 Å². The molecule has 0 fully saturated rings. The Bertz CT molecular complexity index is 447. The lowest BCUT2D eigenvalue weighted by Gasteiger charge is -1.99. The van der Waals surface area contributed by atoms with E-state index in [2.05, 4.69) is 10.9 Å². The van der Waals surface area contributed by atoms with Gasteiger partial charge in [-0.1, -0.05) is 6.07 Å². The molecule has 0 aliphatic carbocycles. The molecule has 2 rings (SSSR count). The van der Waals surface area contributed by atoms with Gasteiger partial charge in [0.15, 0.2) is 0 Å². The smallest absolute Gasteiger partial charge is 0.309 e. The minimum absolute atomic E-state index is 0.157. The second-order valence-electron chi connectivity index (χ2n) is 2.96. The van der Waals surface area contributed by atoms with Crippen LogP contribution in [-0.4, -0.2) is 9.85 Å². The number of fused-ring (bicyclic) bond motifs is 1. The second kappa shape index (κ2) is 3.17. The van der Waals surface area contributed by atoms with Crippen molar-refractivity contribution < 1.29 is 9.85 Å². The Morgan fingerprint density at radius 3 is 2.60 bits per heavy atom. The van der Waals surface area contributed by atoms with Gasteiger partial charge in [0.2, 0.25) is 0 Å². The summed E-state index contributed by atoms with van der Waals surface area (Å²) < 4.78 is 0. The van der Waals surface area contributed by atoms with E-state index in [1.807, 2.05) is 0 Å². The van der Waals surface area contributed by atoms with E-state index in [1.165, 1.54) is 18.2 Å². The topological polar surface area (TPSA) is 110 Å². The Morgan fingerprint density at radius 1 is 1.27 bits per heavy atom. The van der Waals surface area contributed by atoms with Gasteiger partial charge in [0.05, 0.1) is 10.5 Å². The lowest BCUT2D eigenvalue weighted by Crippen LogP contribution is -2.25. The fraction of sp³-hybridized carbons (Fsp3) is 0.143. The minimum atomic E-state index is -1.14. The highest BCUT2D eigenvalue weighted by Crippen LogP contribution is 2.35. The molecule has 1 unspecified atom stereocenters. The van der Waals surface area contributed by atoms with E-state index >= 15 is 0 Å². The summed E-state index contributed by atoms with van der Waals surface area (Å²) in [6, 6.07) is 4.18. The van der Waals surface area contributed by atoms with Crippen LogP contribution in [-0.2, 0) is 0 Å². The Balaban J connectivity index is 2.52. The summed E-state index contributed by atoms with van der Waals surface area (Å²) in [4.78, 5) is 20.0. The molecule has 0 saturated heterocycles. The molecule has 1 aromatic carbocycles. The first-order valence-corrected chi connectivity index (χ1v) is 4.03. The monoisotopic (exact) mass is 210 g/mol. The standard InChI is InChI=1S/C7H6N4O4/c12-10(13)5-3-1-2-4-6(5)8-9-7(4)11(14)15/h1-3,7-9H. The Hall–Kier alpha value is -2.22. The first kappa shape index (κ1) is 9.34. The minimum Gasteiger partial charge on any atom is -0.309 e. The lowest BCUT2D eigenvalue weighted by molar-refractivity contribution is -0.533. The van der Waals surface area contributed by atoms with Gasteiger partial charge in [-0.15, -0.1) is 0 Å². The van der Waals surface area contributed by atoms with E-state index < -0.39 is 16.0 Å². The predicted molar refractivity (Wildman–Crippen MR) is 49.6 cm³/mol. The van der Waals surface area contributed by atoms with Gasteiger partial charge in [-0.05, 0) is 6.07 Å². The number of anilines is 1. The van der Waals surface area contributed by atoms with Gasteiger partial charge in [-0.2, -0.15) is 5.43 Å². The first-order valence-electron chi connectivity index (χ1n) is 4.03. The molecule has 0 radical (unpaired) electrons. The van der Waals surface area contributed by atoms with Crippen molar-refractivity contribution in [3.63, 3.8) is 0 Å². The highest BCUT2D eigenvalue weighted by Gasteiger charge is 2.35. The average Bonchev–Trinajstić information content (AvgIpc) is 2.59. The van der Waals surface area contributed by atoms with Crippen molar-refractivity contribution >= 4 is 11.4 Å². The lowest BCUT2D eigenvalue weighted by atomic mass is 10.1. The number of nitrogens with zero attached hydrogens (tertiary/aromatic N) is 2. The van der Waals surface area contributed by atoms with Crippen LogP contribution in [0.5, 0.6) is 0 Å².